The Hall–Kier alpha value is -2.92. The average Bonchev–Trinajstić information content (AvgIpc) is 3.31. The van der Waals surface area contributed by atoms with E-state index in [9.17, 15) is 19.9 Å². The second-order valence-electron chi connectivity index (χ2n) is 11.7. The third-order valence-corrected chi connectivity index (χ3v) is 9.27. The number of carbonyl (C=O) groups is 1. The number of hydrogen-bond acceptors (Lipinski definition) is 10. The molecule has 1 aromatic carbocycles. The van der Waals surface area contributed by atoms with Gasteiger partial charge in [0.25, 0.3) is 0 Å². The maximum Gasteiger partial charge on any atom is 0.476 e. The van der Waals surface area contributed by atoms with E-state index in [4.69, 9.17) is 24.3 Å². The van der Waals surface area contributed by atoms with Crippen molar-refractivity contribution >= 4 is 31.3 Å². The summed E-state index contributed by atoms with van der Waals surface area (Å²) in [6.07, 6.45) is 0.358. The Kier molecular flexibility index (Phi) is 10.3. The standard InChI is InChI=1S/C29H38N5O5PS/c1-8-21-22(16-30)26(33-27(23(21)17-31)41-24(25(32)35)19-12-10-9-11-13-19)34-15-14-20(18-34)37-40(36,38-28(2,3)4)39-29(5,6)7/h9-13,20,24H,8,14-15,18H2,1-7H3,(H2,32,35)/t20-,24-/m0/s1. The molecule has 1 aliphatic rings. The third-order valence-electron chi connectivity index (χ3n) is 5.91. The maximum atomic E-state index is 13.7. The van der Waals surface area contributed by atoms with Crippen LogP contribution in [0.1, 0.15) is 82.4 Å². The van der Waals surface area contributed by atoms with Crippen LogP contribution in [0.4, 0.5) is 5.82 Å². The summed E-state index contributed by atoms with van der Waals surface area (Å²) < 4.78 is 31.3. The molecule has 0 unspecified atom stereocenters. The second kappa shape index (κ2) is 12.9. The van der Waals surface area contributed by atoms with Gasteiger partial charge in [-0.15, -0.1) is 0 Å². The van der Waals surface area contributed by atoms with Crippen LogP contribution in [0.3, 0.4) is 0 Å². The number of primary amides is 1. The number of thioether (sulfide) groups is 1. The first-order chi connectivity index (χ1) is 19.1. The highest BCUT2D eigenvalue weighted by atomic mass is 32.2. The monoisotopic (exact) mass is 599 g/mol. The Balaban J connectivity index is 1.99. The molecule has 1 saturated heterocycles. The molecule has 12 heteroatoms. The minimum atomic E-state index is -3.96. The highest BCUT2D eigenvalue weighted by molar-refractivity contribution is 8.00. The number of carbonyl (C=O) groups excluding carboxylic acids is 1. The molecule has 41 heavy (non-hydrogen) atoms. The van der Waals surface area contributed by atoms with Gasteiger partial charge >= 0.3 is 7.82 Å². The van der Waals surface area contributed by atoms with Crippen molar-refractivity contribution in [2.75, 3.05) is 18.0 Å². The van der Waals surface area contributed by atoms with Crippen molar-refractivity contribution in [3.8, 4) is 12.1 Å². The van der Waals surface area contributed by atoms with Crippen molar-refractivity contribution in [1.29, 1.82) is 10.5 Å². The smallest absolute Gasteiger partial charge is 0.368 e. The molecule has 2 atom stereocenters. The van der Waals surface area contributed by atoms with Gasteiger partial charge < -0.3 is 10.6 Å². The van der Waals surface area contributed by atoms with Crippen molar-refractivity contribution < 1.29 is 22.9 Å². The molecule has 2 aromatic rings. The van der Waals surface area contributed by atoms with Crippen LogP contribution in [-0.2, 0) is 29.4 Å². The average molecular weight is 600 g/mol. The minimum Gasteiger partial charge on any atom is -0.368 e. The van der Waals surface area contributed by atoms with Crippen molar-refractivity contribution in [2.45, 2.75) is 88.9 Å². The van der Waals surface area contributed by atoms with Gasteiger partial charge in [0.15, 0.2) is 0 Å². The van der Waals surface area contributed by atoms with Gasteiger partial charge in [-0.3, -0.25) is 18.4 Å². The van der Waals surface area contributed by atoms with Crippen LogP contribution in [0.5, 0.6) is 0 Å². The summed E-state index contributed by atoms with van der Waals surface area (Å²) in [5, 5.41) is 19.7. The summed E-state index contributed by atoms with van der Waals surface area (Å²) in [5.74, 6) is -0.199. The first-order valence-electron chi connectivity index (χ1n) is 13.4. The summed E-state index contributed by atoms with van der Waals surface area (Å²) in [7, 11) is -3.96. The summed E-state index contributed by atoms with van der Waals surface area (Å²) in [6.45, 7) is 13.2. The molecule has 0 bridgehead atoms. The number of nitriles is 2. The zero-order valence-electron chi connectivity index (χ0n) is 24.6. The van der Waals surface area contributed by atoms with Crippen LogP contribution in [0.2, 0.25) is 0 Å². The Labute approximate surface area is 246 Å². The minimum absolute atomic E-state index is 0.244. The van der Waals surface area contributed by atoms with Crippen molar-refractivity contribution in [2.24, 2.45) is 5.73 Å². The molecular weight excluding hydrogens is 561 g/mol. The number of nitrogens with two attached hydrogens (primary N) is 1. The highest BCUT2D eigenvalue weighted by Gasteiger charge is 2.41. The van der Waals surface area contributed by atoms with E-state index in [2.05, 4.69) is 12.1 Å². The zero-order chi connectivity index (χ0) is 30.6. The number of pyridine rings is 1. The Morgan fingerprint density at radius 1 is 1.12 bits per heavy atom. The van der Waals surface area contributed by atoms with Crippen molar-refractivity contribution in [1.82, 2.24) is 4.98 Å². The van der Waals surface area contributed by atoms with Gasteiger partial charge in [0.1, 0.15) is 28.2 Å². The molecule has 0 aliphatic carbocycles. The summed E-state index contributed by atoms with van der Waals surface area (Å²) in [5.41, 5.74) is 5.95. The number of hydrogen-bond donors (Lipinski definition) is 1. The van der Waals surface area contributed by atoms with Crippen LogP contribution < -0.4 is 10.6 Å². The quantitative estimate of drug-likeness (QED) is 0.253. The molecule has 3 rings (SSSR count). The van der Waals surface area contributed by atoms with E-state index in [1.165, 1.54) is 0 Å². The first kappa shape index (κ1) is 32.6. The fourth-order valence-electron chi connectivity index (χ4n) is 4.45. The number of benzene rings is 1. The van der Waals surface area contributed by atoms with E-state index in [-0.39, 0.29) is 17.7 Å². The molecule has 1 aromatic heterocycles. The van der Waals surface area contributed by atoms with Crippen molar-refractivity contribution in [3.63, 3.8) is 0 Å². The number of amides is 1. The normalized spacial score (nSPS) is 16.7. The lowest BCUT2D eigenvalue weighted by atomic mass is 10.0. The maximum absolute atomic E-state index is 13.7. The van der Waals surface area contributed by atoms with Crippen LogP contribution >= 0.6 is 19.6 Å². The van der Waals surface area contributed by atoms with Crippen molar-refractivity contribution in [3.05, 3.63) is 52.6 Å². The van der Waals surface area contributed by atoms with E-state index in [0.717, 1.165) is 11.8 Å². The Bertz CT molecular complexity index is 1370. The van der Waals surface area contributed by atoms with Crippen LogP contribution in [-0.4, -0.2) is 41.3 Å². The molecule has 10 nitrogen and oxygen atoms in total. The van der Waals surface area contributed by atoms with Gasteiger partial charge in [0.05, 0.1) is 28.4 Å². The fourth-order valence-corrected chi connectivity index (χ4v) is 7.51. The Morgan fingerprint density at radius 2 is 1.71 bits per heavy atom. The zero-order valence-corrected chi connectivity index (χ0v) is 26.3. The molecule has 2 heterocycles. The predicted octanol–water partition coefficient (Wildman–Crippen LogP) is 6.04. The lowest BCUT2D eigenvalue weighted by molar-refractivity contribution is -0.117. The number of phosphoric acid groups is 1. The number of aromatic nitrogens is 1. The van der Waals surface area contributed by atoms with Gasteiger partial charge in [-0.25, -0.2) is 9.55 Å². The van der Waals surface area contributed by atoms with Gasteiger partial charge in [0.2, 0.25) is 5.91 Å². The number of nitrogens with zero attached hydrogens (tertiary/aromatic N) is 4. The molecule has 2 N–H and O–H groups in total. The van der Waals surface area contributed by atoms with Gasteiger partial charge in [-0.1, -0.05) is 49.0 Å². The Morgan fingerprint density at radius 3 is 2.20 bits per heavy atom. The molecule has 1 aliphatic heterocycles. The van der Waals surface area contributed by atoms with E-state index in [1.807, 2.05) is 30.0 Å². The molecule has 0 saturated carbocycles. The van der Waals surface area contributed by atoms with Crippen LogP contribution in [0.25, 0.3) is 0 Å². The molecule has 0 radical (unpaired) electrons. The molecule has 0 spiro atoms. The summed E-state index contributed by atoms with van der Waals surface area (Å²) >= 11 is 1.09. The lowest BCUT2D eigenvalue weighted by Crippen LogP contribution is -2.29. The van der Waals surface area contributed by atoms with Crippen LogP contribution in [0, 0.1) is 22.7 Å². The van der Waals surface area contributed by atoms with E-state index in [0.29, 0.717) is 41.4 Å². The van der Waals surface area contributed by atoms with E-state index < -0.39 is 36.3 Å². The SMILES string of the molecule is CCc1c(C#N)c(S[C@H](C(N)=O)c2ccccc2)nc(N2CC[C@H](OP(=O)(OC(C)(C)C)OC(C)(C)C)C2)c1C#N. The topological polar surface area (TPSA) is 152 Å². The molecule has 1 fully saturated rings. The number of rotatable bonds is 10. The fraction of sp³-hybridized carbons (Fsp3) is 0.517. The molecule has 1 amide bonds. The van der Waals surface area contributed by atoms with Gasteiger partial charge in [-0.2, -0.15) is 10.5 Å². The highest BCUT2D eigenvalue weighted by Crippen LogP contribution is 2.57. The number of anilines is 1. The molecule has 220 valence electrons. The van der Waals surface area contributed by atoms with E-state index >= 15 is 0 Å². The van der Waals surface area contributed by atoms with Gasteiger partial charge in [-0.05, 0) is 65.5 Å². The second-order valence-corrected chi connectivity index (χ2v) is 14.2. The van der Waals surface area contributed by atoms with Crippen LogP contribution in [0.15, 0.2) is 35.4 Å². The third kappa shape index (κ3) is 8.54. The van der Waals surface area contributed by atoms with Gasteiger partial charge in [0, 0.05) is 13.1 Å². The predicted molar refractivity (Wildman–Crippen MR) is 158 cm³/mol. The van der Waals surface area contributed by atoms with E-state index in [1.54, 1.807) is 53.7 Å². The molecular formula is C29H38N5O5PS. The number of phosphoric ester groups is 1. The summed E-state index contributed by atoms with van der Waals surface area (Å²) in [6, 6.07) is 13.4. The summed E-state index contributed by atoms with van der Waals surface area (Å²) in [4.78, 5) is 19.1. The lowest BCUT2D eigenvalue weighted by Gasteiger charge is -2.32. The largest absolute Gasteiger partial charge is 0.476 e. The first-order valence-corrected chi connectivity index (χ1v) is 15.8.